The zero-order chi connectivity index (χ0) is 12.8. The van der Waals surface area contributed by atoms with Gasteiger partial charge in [-0.05, 0) is 33.0 Å². The Morgan fingerprint density at radius 3 is 2.31 bits per heavy atom. The van der Waals surface area contributed by atoms with Crippen molar-refractivity contribution in [2.24, 2.45) is 0 Å². The van der Waals surface area contributed by atoms with E-state index >= 15 is 0 Å². The number of rotatable bonds is 6. The summed E-state index contributed by atoms with van der Waals surface area (Å²) in [7, 11) is 3.56. The van der Waals surface area contributed by atoms with E-state index in [4.69, 9.17) is 0 Å². The van der Waals surface area contributed by atoms with E-state index in [1.807, 2.05) is 19.9 Å². The molecule has 90 valence electrons. The predicted octanol–water partition coefficient (Wildman–Crippen LogP) is 2.47. The molecule has 0 saturated heterocycles. The standard InChI is InChI=1S/C13H21NO2/c1-6-9-10-11(7-2)13(8-3,12(15)16)14(4)5/h6-7,9-10H,1,8H2,2-5H3,(H,15,16). The predicted molar refractivity (Wildman–Crippen MR) is 67.4 cm³/mol. The third-order valence-corrected chi connectivity index (χ3v) is 2.83. The van der Waals surface area contributed by atoms with Crippen molar-refractivity contribution in [2.75, 3.05) is 14.1 Å². The van der Waals surface area contributed by atoms with E-state index in [2.05, 4.69) is 6.58 Å². The Morgan fingerprint density at radius 2 is 2.06 bits per heavy atom. The molecule has 0 rings (SSSR count). The second-order valence-corrected chi connectivity index (χ2v) is 3.75. The van der Waals surface area contributed by atoms with Crippen LogP contribution in [0.2, 0.25) is 0 Å². The highest BCUT2D eigenvalue weighted by Crippen LogP contribution is 2.28. The van der Waals surface area contributed by atoms with Crippen molar-refractivity contribution in [1.82, 2.24) is 4.90 Å². The van der Waals surface area contributed by atoms with Crippen LogP contribution in [0, 0.1) is 0 Å². The monoisotopic (exact) mass is 223 g/mol. The maximum absolute atomic E-state index is 11.5. The summed E-state index contributed by atoms with van der Waals surface area (Å²) < 4.78 is 0. The van der Waals surface area contributed by atoms with Gasteiger partial charge in [0.15, 0.2) is 0 Å². The molecule has 0 fully saturated rings. The van der Waals surface area contributed by atoms with Crippen LogP contribution in [0.25, 0.3) is 0 Å². The zero-order valence-corrected chi connectivity index (χ0v) is 10.5. The second kappa shape index (κ2) is 6.28. The zero-order valence-electron chi connectivity index (χ0n) is 10.5. The van der Waals surface area contributed by atoms with E-state index in [-0.39, 0.29) is 0 Å². The Kier molecular flexibility index (Phi) is 5.75. The summed E-state index contributed by atoms with van der Waals surface area (Å²) in [5.74, 6) is -0.832. The number of aliphatic carboxylic acids is 1. The Labute approximate surface area is 97.8 Å². The average Bonchev–Trinajstić information content (AvgIpc) is 2.23. The first-order valence-electron chi connectivity index (χ1n) is 5.34. The second-order valence-electron chi connectivity index (χ2n) is 3.75. The highest BCUT2D eigenvalue weighted by molar-refractivity contribution is 5.84. The molecule has 0 amide bonds. The van der Waals surface area contributed by atoms with Gasteiger partial charge in [0.1, 0.15) is 5.54 Å². The molecule has 0 radical (unpaired) electrons. The van der Waals surface area contributed by atoms with Crippen LogP contribution in [0.15, 0.2) is 36.5 Å². The van der Waals surface area contributed by atoms with Crippen molar-refractivity contribution in [1.29, 1.82) is 0 Å². The molecule has 0 bridgehead atoms. The third-order valence-electron chi connectivity index (χ3n) is 2.83. The van der Waals surface area contributed by atoms with Gasteiger partial charge < -0.3 is 5.11 Å². The van der Waals surface area contributed by atoms with Gasteiger partial charge in [0.25, 0.3) is 0 Å². The molecule has 0 aromatic rings. The normalized spacial score (nSPS) is 16.4. The van der Waals surface area contributed by atoms with Gasteiger partial charge in [-0.15, -0.1) is 0 Å². The van der Waals surface area contributed by atoms with E-state index < -0.39 is 11.5 Å². The van der Waals surface area contributed by atoms with Crippen LogP contribution in [-0.4, -0.2) is 35.6 Å². The number of hydrogen-bond acceptors (Lipinski definition) is 2. The van der Waals surface area contributed by atoms with Crippen molar-refractivity contribution < 1.29 is 9.90 Å². The van der Waals surface area contributed by atoms with Gasteiger partial charge in [-0.2, -0.15) is 0 Å². The molecule has 0 aliphatic carbocycles. The minimum Gasteiger partial charge on any atom is -0.480 e. The molecule has 3 heteroatoms. The molecule has 0 aliphatic rings. The Hall–Kier alpha value is -1.35. The molecule has 3 nitrogen and oxygen atoms in total. The summed E-state index contributed by atoms with van der Waals surface area (Å²) in [5.41, 5.74) is -0.193. The van der Waals surface area contributed by atoms with Gasteiger partial charge in [-0.1, -0.05) is 37.8 Å². The fraction of sp³-hybridized carbons (Fsp3) is 0.462. The van der Waals surface area contributed by atoms with Crippen molar-refractivity contribution in [3.8, 4) is 0 Å². The molecule has 1 unspecified atom stereocenters. The molecule has 16 heavy (non-hydrogen) atoms. The van der Waals surface area contributed by atoms with Crippen molar-refractivity contribution in [3.63, 3.8) is 0 Å². The summed E-state index contributed by atoms with van der Waals surface area (Å²) in [6.45, 7) is 7.31. The molecule has 0 heterocycles. The fourth-order valence-electron chi connectivity index (χ4n) is 1.89. The number of carboxylic acids is 1. The molecule has 1 atom stereocenters. The molecule has 0 aromatic heterocycles. The maximum atomic E-state index is 11.5. The lowest BCUT2D eigenvalue weighted by atomic mass is 9.85. The first kappa shape index (κ1) is 14.6. The van der Waals surface area contributed by atoms with Crippen molar-refractivity contribution in [3.05, 3.63) is 36.5 Å². The van der Waals surface area contributed by atoms with Crippen LogP contribution < -0.4 is 0 Å². The van der Waals surface area contributed by atoms with Gasteiger partial charge in [-0.25, -0.2) is 4.79 Å². The Morgan fingerprint density at radius 1 is 1.50 bits per heavy atom. The number of nitrogens with zero attached hydrogens (tertiary/aromatic N) is 1. The first-order valence-corrected chi connectivity index (χ1v) is 5.34. The van der Waals surface area contributed by atoms with Crippen LogP contribution in [0.4, 0.5) is 0 Å². The van der Waals surface area contributed by atoms with Gasteiger partial charge in [0, 0.05) is 0 Å². The van der Waals surface area contributed by atoms with Gasteiger partial charge in [-0.3, -0.25) is 4.90 Å². The number of likely N-dealkylation sites (N-methyl/N-ethyl adjacent to an activating group) is 1. The van der Waals surface area contributed by atoms with E-state index in [0.29, 0.717) is 6.42 Å². The van der Waals surface area contributed by atoms with Crippen LogP contribution in [-0.2, 0) is 4.79 Å². The lowest BCUT2D eigenvalue weighted by Crippen LogP contribution is -2.51. The summed E-state index contributed by atoms with van der Waals surface area (Å²) >= 11 is 0. The van der Waals surface area contributed by atoms with Crippen LogP contribution in [0.5, 0.6) is 0 Å². The molecule has 0 saturated carbocycles. The SMILES string of the molecule is C=CC=CC(=CC)C(CC)(C(=O)O)N(C)C. The quantitative estimate of drug-likeness (QED) is 0.703. The summed E-state index contributed by atoms with van der Waals surface area (Å²) in [6.07, 6.45) is 7.53. The van der Waals surface area contributed by atoms with E-state index in [9.17, 15) is 9.90 Å². The number of hydrogen-bond donors (Lipinski definition) is 1. The largest absolute Gasteiger partial charge is 0.480 e. The topological polar surface area (TPSA) is 40.5 Å². The number of allylic oxidation sites excluding steroid dienone is 3. The molecule has 0 aromatic carbocycles. The van der Waals surface area contributed by atoms with Crippen LogP contribution >= 0.6 is 0 Å². The van der Waals surface area contributed by atoms with Crippen molar-refractivity contribution in [2.45, 2.75) is 25.8 Å². The highest BCUT2D eigenvalue weighted by Gasteiger charge is 2.41. The smallest absolute Gasteiger partial charge is 0.328 e. The van der Waals surface area contributed by atoms with E-state index in [1.165, 1.54) is 0 Å². The number of carbonyl (C=O) groups is 1. The average molecular weight is 223 g/mol. The Bertz CT molecular complexity index is 316. The van der Waals surface area contributed by atoms with Crippen LogP contribution in [0.1, 0.15) is 20.3 Å². The summed E-state index contributed by atoms with van der Waals surface area (Å²) in [6, 6.07) is 0. The summed E-state index contributed by atoms with van der Waals surface area (Å²) in [4.78, 5) is 13.2. The van der Waals surface area contributed by atoms with Crippen molar-refractivity contribution >= 4 is 5.97 Å². The highest BCUT2D eigenvalue weighted by atomic mass is 16.4. The molecule has 1 N–H and O–H groups in total. The molecular formula is C13H21NO2. The van der Waals surface area contributed by atoms with Gasteiger partial charge in [0.05, 0.1) is 0 Å². The molecule has 0 spiro atoms. The minimum atomic E-state index is -0.964. The minimum absolute atomic E-state index is 0.510. The molecular weight excluding hydrogens is 202 g/mol. The van der Waals surface area contributed by atoms with E-state index in [1.54, 1.807) is 37.2 Å². The fourth-order valence-corrected chi connectivity index (χ4v) is 1.89. The van der Waals surface area contributed by atoms with E-state index in [0.717, 1.165) is 5.57 Å². The maximum Gasteiger partial charge on any atom is 0.328 e. The third kappa shape index (κ3) is 2.61. The first-order chi connectivity index (χ1) is 7.47. The van der Waals surface area contributed by atoms with Gasteiger partial charge >= 0.3 is 5.97 Å². The summed E-state index contributed by atoms with van der Waals surface area (Å²) in [5, 5.41) is 9.45. The van der Waals surface area contributed by atoms with Crippen LogP contribution in [0.3, 0.4) is 0 Å². The number of carboxylic acid groups (broad SMARTS) is 1. The molecule has 0 aliphatic heterocycles. The lowest BCUT2D eigenvalue weighted by molar-refractivity contribution is -0.147. The lowest BCUT2D eigenvalue weighted by Gasteiger charge is -2.36. The van der Waals surface area contributed by atoms with Gasteiger partial charge in [0.2, 0.25) is 0 Å². The Balaban J connectivity index is 5.55.